The van der Waals surface area contributed by atoms with Gasteiger partial charge in [0, 0.05) is 22.5 Å². The Hall–Kier alpha value is -2.45. The smallest absolute Gasteiger partial charge is 0.419 e. The number of benzene rings is 2. The SMILES string of the molecule is C[C@H]1C[C@@](O)(C(F)(F)F)[C@H](Nc2cccc3c2CC(=O)N3)c2ccc(Cl)c(O)c21. The molecule has 1 heterocycles. The van der Waals surface area contributed by atoms with Gasteiger partial charge in [-0.2, -0.15) is 13.2 Å². The summed E-state index contributed by atoms with van der Waals surface area (Å²) in [7, 11) is 0. The summed E-state index contributed by atoms with van der Waals surface area (Å²) in [5.41, 5.74) is -1.35. The summed E-state index contributed by atoms with van der Waals surface area (Å²) < 4.78 is 42.0. The van der Waals surface area contributed by atoms with Crippen LogP contribution in [0.2, 0.25) is 5.02 Å². The van der Waals surface area contributed by atoms with Gasteiger partial charge in [0.25, 0.3) is 0 Å². The average molecular weight is 427 g/mol. The van der Waals surface area contributed by atoms with Gasteiger partial charge >= 0.3 is 6.18 Å². The predicted molar refractivity (Wildman–Crippen MR) is 102 cm³/mol. The van der Waals surface area contributed by atoms with E-state index in [0.717, 1.165) is 0 Å². The normalized spacial score (nSPS) is 25.9. The van der Waals surface area contributed by atoms with Gasteiger partial charge in [0.1, 0.15) is 5.75 Å². The van der Waals surface area contributed by atoms with Crippen LogP contribution in [0.3, 0.4) is 0 Å². The molecule has 5 nitrogen and oxygen atoms in total. The second-order valence-corrected chi connectivity index (χ2v) is 7.97. The summed E-state index contributed by atoms with van der Waals surface area (Å²) in [6, 6.07) is 5.91. The largest absolute Gasteiger partial charge is 0.506 e. The molecule has 154 valence electrons. The van der Waals surface area contributed by atoms with Crippen LogP contribution in [0, 0.1) is 0 Å². The lowest BCUT2D eigenvalue weighted by atomic mass is 9.70. The van der Waals surface area contributed by atoms with Crippen molar-refractivity contribution >= 4 is 28.9 Å². The maximum atomic E-state index is 14.0. The molecule has 29 heavy (non-hydrogen) atoms. The third kappa shape index (κ3) is 3.02. The summed E-state index contributed by atoms with van der Waals surface area (Å²) >= 11 is 5.97. The molecule has 0 spiro atoms. The molecule has 1 amide bonds. The second-order valence-electron chi connectivity index (χ2n) is 7.56. The minimum atomic E-state index is -4.93. The van der Waals surface area contributed by atoms with Crippen molar-refractivity contribution in [1.82, 2.24) is 0 Å². The van der Waals surface area contributed by atoms with Gasteiger partial charge in [-0.25, -0.2) is 0 Å². The molecule has 2 aromatic carbocycles. The molecule has 0 fully saturated rings. The topological polar surface area (TPSA) is 81.6 Å². The fraction of sp³-hybridized carbons (Fsp3) is 0.350. The third-order valence-corrected chi connectivity index (χ3v) is 5.98. The highest BCUT2D eigenvalue weighted by Gasteiger charge is 2.62. The van der Waals surface area contributed by atoms with Gasteiger partial charge in [-0.15, -0.1) is 0 Å². The number of carbonyl (C=O) groups excluding carboxylic acids is 1. The van der Waals surface area contributed by atoms with E-state index in [-0.39, 0.29) is 34.2 Å². The molecule has 4 rings (SSSR count). The van der Waals surface area contributed by atoms with E-state index in [1.54, 1.807) is 18.2 Å². The van der Waals surface area contributed by atoms with E-state index in [1.807, 2.05) is 0 Å². The summed E-state index contributed by atoms with van der Waals surface area (Å²) in [6.07, 6.45) is -5.57. The van der Waals surface area contributed by atoms with Crippen LogP contribution in [0.1, 0.15) is 42.0 Å². The molecule has 3 atom stereocenters. The number of rotatable bonds is 2. The maximum absolute atomic E-state index is 14.0. The van der Waals surface area contributed by atoms with Crippen LogP contribution < -0.4 is 10.6 Å². The lowest BCUT2D eigenvalue weighted by Crippen LogP contribution is -2.55. The van der Waals surface area contributed by atoms with Crippen LogP contribution in [0.15, 0.2) is 30.3 Å². The molecule has 0 saturated carbocycles. The van der Waals surface area contributed by atoms with E-state index in [1.165, 1.54) is 19.1 Å². The van der Waals surface area contributed by atoms with Gasteiger partial charge in [-0.3, -0.25) is 4.79 Å². The fourth-order valence-electron chi connectivity index (χ4n) is 4.33. The highest BCUT2D eigenvalue weighted by Crippen LogP contribution is 2.55. The first-order valence-corrected chi connectivity index (χ1v) is 9.39. The first-order valence-electron chi connectivity index (χ1n) is 9.01. The van der Waals surface area contributed by atoms with E-state index in [4.69, 9.17) is 11.6 Å². The Balaban J connectivity index is 1.88. The average Bonchev–Trinajstić information content (AvgIpc) is 3.01. The quantitative estimate of drug-likeness (QED) is 0.570. The third-order valence-electron chi connectivity index (χ3n) is 5.68. The summed E-state index contributed by atoms with van der Waals surface area (Å²) in [5.74, 6) is -1.33. The monoisotopic (exact) mass is 426 g/mol. The lowest BCUT2D eigenvalue weighted by Gasteiger charge is -2.45. The number of amides is 1. The minimum absolute atomic E-state index is 0.0187. The standard InChI is InChI=1S/C20H18ClF3N2O3/c1-9-8-19(29,20(22,23)24)18(10-5-6-12(21)17(28)16(9)10)26-14-4-2-3-13-11(14)7-15(27)25-13/h2-6,9,18,26,28-29H,7-8H2,1H3,(H,25,27)/t9-,18+,19-/m0/s1. The Bertz CT molecular complexity index is 1010. The van der Waals surface area contributed by atoms with Gasteiger partial charge < -0.3 is 20.8 Å². The molecule has 1 aliphatic carbocycles. The van der Waals surface area contributed by atoms with Crippen molar-refractivity contribution in [2.75, 3.05) is 10.6 Å². The van der Waals surface area contributed by atoms with Crippen LogP contribution in [0.5, 0.6) is 5.75 Å². The molecule has 9 heteroatoms. The van der Waals surface area contributed by atoms with Crippen molar-refractivity contribution in [3.8, 4) is 5.75 Å². The molecule has 0 radical (unpaired) electrons. The Morgan fingerprint density at radius 1 is 1.28 bits per heavy atom. The molecule has 2 aromatic rings. The number of phenols is 1. The van der Waals surface area contributed by atoms with Crippen molar-refractivity contribution in [3.63, 3.8) is 0 Å². The number of hydrogen-bond donors (Lipinski definition) is 4. The van der Waals surface area contributed by atoms with Crippen LogP contribution in [-0.2, 0) is 11.2 Å². The number of alkyl halides is 3. The molecule has 0 aromatic heterocycles. The van der Waals surface area contributed by atoms with Crippen LogP contribution in [-0.4, -0.2) is 27.9 Å². The van der Waals surface area contributed by atoms with Crippen molar-refractivity contribution in [1.29, 1.82) is 0 Å². The number of aromatic hydroxyl groups is 1. The lowest BCUT2D eigenvalue weighted by molar-refractivity contribution is -0.272. The molecule has 2 aliphatic rings. The Labute approximate surface area is 169 Å². The highest BCUT2D eigenvalue weighted by atomic mass is 35.5. The van der Waals surface area contributed by atoms with Gasteiger partial charge in [0.05, 0.1) is 17.5 Å². The van der Waals surface area contributed by atoms with Gasteiger partial charge in [-0.05, 0) is 36.1 Å². The Kier molecular flexibility index (Phi) is 4.47. The molecular weight excluding hydrogens is 409 g/mol. The van der Waals surface area contributed by atoms with Crippen molar-refractivity contribution in [2.45, 2.75) is 43.5 Å². The van der Waals surface area contributed by atoms with E-state index >= 15 is 0 Å². The van der Waals surface area contributed by atoms with E-state index in [0.29, 0.717) is 16.9 Å². The number of anilines is 2. The van der Waals surface area contributed by atoms with Crippen LogP contribution >= 0.6 is 11.6 Å². The number of aliphatic hydroxyl groups is 1. The maximum Gasteiger partial charge on any atom is 0.419 e. The zero-order chi connectivity index (χ0) is 21.1. The van der Waals surface area contributed by atoms with E-state index in [2.05, 4.69) is 10.6 Å². The van der Waals surface area contributed by atoms with Crippen LogP contribution in [0.4, 0.5) is 24.5 Å². The molecule has 0 saturated heterocycles. The van der Waals surface area contributed by atoms with Crippen LogP contribution in [0.25, 0.3) is 0 Å². The highest BCUT2D eigenvalue weighted by molar-refractivity contribution is 6.32. The van der Waals surface area contributed by atoms with Crippen molar-refractivity contribution in [2.24, 2.45) is 0 Å². The zero-order valence-corrected chi connectivity index (χ0v) is 16.0. The number of hydrogen-bond acceptors (Lipinski definition) is 4. The van der Waals surface area contributed by atoms with Gasteiger partial charge in [-0.1, -0.05) is 30.7 Å². The number of carbonyl (C=O) groups is 1. The number of halogens is 4. The predicted octanol–water partition coefficient (Wildman–Crippen LogP) is 4.49. The summed E-state index contributed by atoms with van der Waals surface area (Å²) in [5, 5.41) is 26.7. The molecule has 0 bridgehead atoms. The number of phenolic OH excluding ortho intramolecular Hbond substituents is 1. The van der Waals surface area contributed by atoms with E-state index < -0.39 is 30.2 Å². The van der Waals surface area contributed by atoms with Crippen molar-refractivity contribution in [3.05, 3.63) is 52.0 Å². The fourth-order valence-corrected chi connectivity index (χ4v) is 4.49. The summed E-state index contributed by atoms with van der Waals surface area (Å²) in [6.45, 7) is 1.50. The Morgan fingerprint density at radius 3 is 2.69 bits per heavy atom. The number of fused-ring (bicyclic) bond motifs is 2. The first-order chi connectivity index (χ1) is 13.5. The zero-order valence-electron chi connectivity index (χ0n) is 15.3. The first kappa shape index (κ1) is 19.8. The Morgan fingerprint density at radius 2 is 2.00 bits per heavy atom. The molecule has 1 aliphatic heterocycles. The second kappa shape index (κ2) is 6.53. The minimum Gasteiger partial charge on any atom is -0.506 e. The van der Waals surface area contributed by atoms with E-state index in [9.17, 15) is 28.2 Å². The molecule has 4 N–H and O–H groups in total. The summed E-state index contributed by atoms with van der Waals surface area (Å²) in [4.78, 5) is 11.7. The van der Waals surface area contributed by atoms with Crippen molar-refractivity contribution < 1.29 is 28.2 Å². The van der Waals surface area contributed by atoms with Gasteiger partial charge in [0.2, 0.25) is 5.91 Å². The van der Waals surface area contributed by atoms with Gasteiger partial charge in [0.15, 0.2) is 5.60 Å². The number of nitrogens with one attached hydrogen (secondary N) is 2. The molecule has 0 unspecified atom stereocenters. The molecular formula is C20H18ClF3N2O3.